The van der Waals surface area contributed by atoms with E-state index in [1.807, 2.05) is 0 Å². The van der Waals surface area contributed by atoms with Crippen LogP contribution >= 0.6 is 0 Å². The van der Waals surface area contributed by atoms with Crippen LogP contribution in [0.15, 0.2) is 76.6 Å². The average Bonchev–Trinajstić information content (AvgIpc) is 2.94. The number of aliphatic imine (C=N–C) groups is 1. The third-order valence-electron chi connectivity index (χ3n) is 6.11. The predicted octanol–water partition coefficient (Wildman–Crippen LogP) is 1.40. The zero-order valence-corrected chi connectivity index (χ0v) is 21.8. The lowest BCUT2D eigenvalue weighted by Gasteiger charge is -2.17. The van der Waals surface area contributed by atoms with E-state index >= 15 is 0 Å². The van der Waals surface area contributed by atoms with E-state index in [1.54, 1.807) is 60.7 Å². The summed E-state index contributed by atoms with van der Waals surface area (Å²) in [4.78, 5) is 40.7. The lowest BCUT2D eigenvalue weighted by molar-refractivity contribution is -0.138. The zero-order valence-electron chi connectivity index (χ0n) is 21.0. The van der Waals surface area contributed by atoms with Gasteiger partial charge in [0.25, 0.3) is 5.91 Å². The van der Waals surface area contributed by atoms with Crippen molar-refractivity contribution in [3.8, 4) is 0 Å². The van der Waals surface area contributed by atoms with Gasteiger partial charge in [-0.15, -0.1) is 0 Å². The molecule has 12 heteroatoms. The number of carboxylic acids is 1. The van der Waals surface area contributed by atoms with Gasteiger partial charge >= 0.3 is 5.97 Å². The summed E-state index contributed by atoms with van der Waals surface area (Å²) in [5.74, 6) is -1.67. The molecule has 0 aliphatic carbocycles. The van der Waals surface area contributed by atoms with Gasteiger partial charge in [0, 0.05) is 37.0 Å². The van der Waals surface area contributed by atoms with Crippen LogP contribution in [0.3, 0.4) is 0 Å². The number of hydrogen-bond acceptors (Lipinski definition) is 7. The van der Waals surface area contributed by atoms with Crippen molar-refractivity contribution in [2.45, 2.75) is 30.2 Å². The number of fused-ring (bicyclic) bond motifs is 1. The minimum absolute atomic E-state index is 0.0505. The van der Waals surface area contributed by atoms with Crippen LogP contribution in [0.5, 0.6) is 0 Å². The summed E-state index contributed by atoms with van der Waals surface area (Å²) >= 11 is 0. The van der Waals surface area contributed by atoms with Gasteiger partial charge in [-0.05, 0) is 42.0 Å². The zero-order chi connectivity index (χ0) is 27.8. The number of benzene rings is 3. The lowest BCUT2D eigenvalue weighted by atomic mass is 10.1. The van der Waals surface area contributed by atoms with Crippen molar-refractivity contribution in [2.24, 2.45) is 4.99 Å². The van der Waals surface area contributed by atoms with Crippen LogP contribution in [-0.4, -0.2) is 62.9 Å². The van der Waals surface area contributed by atoms with Gasteiger partial charge in [0.2, 0.25) is 15.9 Å². The van der Waals surface area contributed by atoms with Crippen molar-refractivity contribution >= 4 is 44.5 Å². The number of amides is 2. The second-order valence-electron chi connectivity index (χ2n) is 8.96. The van der Waals surface area contributed by atoms with E-state index in [0.29, 0.717) is 29.7 Å². The fourth-order valence-electron chi connectivity index (χ4n) is 4.05. The summed E-state index contributed by atoms with van der Waals surface area (Å²) in [5, 5.41) is 19.0. The first-order chi connectivity index (χ1) is 18.7. The van der Waals surface area contributed by atoms with E-state index in [2.05, 4.69) is 25.7 Å². The Morgan fingerprint density at radius 3 is 2.46 bits per heavy atom. The Kier molecular flexibility index (Phi) is 8.89. The van der Waals surface area contributed by atoms with Crippen molar-refractivity contribution in [1.82, 2.24) is 20.7 Å². The highest BCUT2D eigenvalue weighted by Gasteiger charge is 2.27. The number of hydrogen-bond donors (Lipinski definition) is 5. The van der Waals surface area contributed by atoms with E-state index < -0.39 is 34.5 Å². The van der Waals surface area contributed by atoms with Gasteiger partial charge in [0.1, 0.15) is 6.04 Å². The number of sulfonamides is 1. The second-order valence-corrected chi connectivity index (χ2v) is 10.6. The predicted molar refractivity (Wildman–Crippen MR) is 146 cm³/mol. The van der Waals surface area contributed by atoms with Gasteiger partial charge in [-0.3, -0.25) is 24.7 Å². The smallest absolute Gasteiger partial charge is 0.323 e. The molecule has 0 saturated carbocycles. The van der Waals surface area contributed by atoms with Crippen molar-refractivity contribution < 1.29 is 27.9 Å². The van der Waals surface area contributed by atoms with Crippen molar-refractivity contribution in [1.29, 1.82) is 0 Å². The molecule has 0 unspecified atom stereocenters. The Morgan fingerprint density at radius 1 is 1.00 bits per heavy atom. The van der Waals surface area contributed by atoms with Crippen LogP contribution in [-0.2, 0) is 26.0 Å². The fourth-order valence-corrected chi connectivity index (χ4v) is 5.47. The molecule has 5 N–H and O–H groups in total. The SMILES string of the molecule is O=C(CCc1ccc(C(=O)NC[C@H](NS(=O)(=O)c2cccc3ccccc23)C(=O)O)cc1)NC1=NCCCN1. The second kappa shape index (κ2) is 12.5. The van der Waals surface area contributed by atoms with Crippen LogP contribution in [0.1, 0.15) is 28.8 Å². The number of nitrogens with zero attached hydrogens (tertiary/aromatic N) is 1. The van der Waals surface area contributed by atoms with Gasteiger partial charge < -0.3 is 15.7 Å². The van der Waals surface area contributed by atoms with E-state index in [0.717, 1.165) is 18.5 Å². The molecule has 204 valence electrons. The Bertz CT molecular complexity index is 1500. The maximum absolute atomic E-state index is 13.0. The van der Waals surface area contributed by atoms with Gasteiger partial charge in [0.15, 0.2) is 5.96 Å². The summed E-state index contributed by atoms with van der Waals surface area (Å²) < 4.78 is 28.2. The number of carbonyl (C=O) groups excluding carboxylic acids is 2. The number of carbonyl (C=O) groups is 3. The first kappa shape index (κ1) is 27.7. The Balaban J connectivity index is 1.32. The van der Waals surface area contributed by atoms with Crippen LogP contribution < -0.4 is 20.7 Å². The average molecular weight is 552 g/mol. The molecule has 0 saturated heterocycles. The molecule has 1 aliphatic rings. The van der Waals surface area contributed by atoms with E-state index in [-0.39, 0.29) is 22.8 Å². The van der Waals surface area contributed by atoms with Gasteiger partial charge in [0.05, 0.1) is 4.90 Å². The van der Waals surface area contributed by atoms with E-state index in [4.69, 9.17) is 0 Å². The van der Waals surface area contributed by atoms with E-state index in [1.165, 1.54) is 6.07 Å². The summed E-state index contributed by atoms with van der Waals surface area (Å²) in [6.45, 7) is 0.985. The van der Waals surface area contributed by atoms with E-state index in [9.17, 15) is 27.9 Å². The Morgan fingerprint density at radius 2 is 1.74 bits per heavy atom. The fraction of sp³-hybridized carbons (Fsp3) is 0.259. The molecule has 4 rings (SSSR count). The summed E-state index contributed by atoms with van der Waals surface area (Å²) in [6.07, 6.45) is 1.62. The highest BCUT2D eigenvalue weighted by atomic mass is 32.2. The lowest BCUT2D eigenvalue weighted by Crippen LogP contribution is -2.48. The molecule has 0 bridgehead atoms. The Hall–Kier alpha value is -4.29. The quantitative estimate of drug-likeness (QED) is 0.254. The van der Waals surface area contributed by atoms with Crippen LogP contribution in [0, 0.1) is 0 Å². The molecular formula is C27H29N5O6S. The molecule has 0 radical (unpaired) electrons. The standard InChI is InChI=1S/C27H29N5O6S/c33-24(31-27-28-15-4-16-29-27)14-11-18-9-12-20(13-10-18)25(34)30-17-22(26(35)36)32-39(37,38)23-8-3-6-19-5-1-2-7-21(19)23/h1-3,5-10,12-13,22,32H,4,11,14-17H2,(H,30,34)(H,35,36)(H2,28,29,31,33)/t22-/m0/s1. The van der Waals surface area contributed by atoms with Gasteiger partial charge in [-0.1, -0.05) is 48.5 Å². The first-order valence-electron chi connectivity index (χ1n) is 12.4. The largest absolute Gasteiger partial charge is 0.480 e. The van der Waals surface area contributed by atoms with Crippen LogP contribution in [0.4, 0.5) is 0 Å². The molecular weight excluding hydrogens is 522 g/mol. The molecule has 3 aromatic rings. The van der Waals surface area contributed by atoms with Crippen molar-refractivity contribution in [3.05, 3.63) is 77.9 Å². The number of aryl methyl sites for hydroxylation is 1. The number of carboxylic acid groups (broad SMARTS) is 1. The maximum Gasteiger partial charge on any atom is 0.323 e. The third-order valence-corrected chi connectivity index (χ3v) is 7.64. The number of nitrogens with one attached hydrogen (secondary N) is 4. The van der Waals surface area contributed by atoms with Crippen molar-refractivity contribution in [2.75, 3.05) is 19.6 Å². The normalized spacial score (nSPS) is 14.1. The molecule has 0 aromatic heterocycles. The highest BCUT2D eigenvalue weighted by Crippen LogP contribution is 2.22. The minimum Gasteiger partial charge on any atom is -0.480 e. The third kappa shape index (κ3) is 7.39. The number of guanidine groups is 1. The summed E-state index contributed by atoms with van der Waals surface area (Å²) in [7, 11) is -4.20. The minimum atomic E-state index is -4.20. The molecule has 1 aliphatic heterocycles. The van der Waals surface area contributed by atoms with Crippen LogP contribution in [0.2, 0.25) is 0 Å². The summed E-state index contributed by atoms with van der Waals surface area (Å²) in [5.41, 5.74) is 1.11. The first-order valence-corrected chi connectivity index (χ1v) is 13.9. The highest BCUT2D eigenvalue weighted by molar-refractivity contribution is 7.89. The van der Waals surface area contributed by atoms with Gasteiger partial charge in [-0.25, -0.2) is 8.42 Å². The van der Waals surface area contributed by atoms with Gasteiger partial charge in [-0.2, -0.15) is 4.72 Å². The molecule has 1 atom stereocenters. The van der Waals surface area contributed by atoms with Crippen LogP contribution in [0.25, 0.3) is 10.8 Å². The number of rotatable bonds is 10. The molecule has 11 nitrogen and oxygen atoms in total. The molecule has 39 heavy (non-hydrogen) atoms. The molecule has 2 amide bonds. The molecule has 0 spiro atoms. The van der Waals surface area contributed by atoms with Crippen molar-refractivity contribution in [3.63, 3.8) is 0 Å². The topological polar surface area (TPSA) is 166 Å². The molecule has 0 fully saturated rings. The molecule has 1 heterocycles. The monoisotopic (exact) mass is 551 g/mol. The Labute approximate surface area is 225 Å². The summed E-state index contributed by atoms with van der Waals surface area (Å²) in [6, 6.07) is 16.5. The maximum atomic E-state index is 13.0. The molecule has 3 aromatic carbocycles. The number of aliphatic carboxylic acids is 1.